The molecule has 0 amide bonds. The first kappa shape index (κ1) is 14.0. The zero-order valence-corrected chi connectivity index (χ0v) is 12.7. The van der Waals surface area contributed by atoms with E-state index in [0.29, 0.717) is 6.04 Å². The van der Waals surface area contributed by atoms with Gasteiger partial charge in [-0.2, -0.15) is 0 Å². The van der Waals surface area contributed by atoms with Crippen molar-refractivity contribution < 1.29 is 0 Å². The molecule has 0 bridgehead atoms. The lowest BCUT2D eigenvalue weighted by Gasteiger charge is -2.32. The Morgan fingerprint density at radius 1 is 1.24 bits per heavy atom. The van der Waals surface area contributed by atoms with Gasteiger partial charge in [-0.15, -0.1) is 0 Å². The lowest BCUT2D eigenvalue weighted by molar-refractivity contribution is 0.285. The molecule has 0 aliphatic heterocycles. The Hall–Kier alpha value is -1.97. The van der Waals surface area contributed by atoms with Crippen LogP contribution in [0, 0.1) is 5.92 Å². The molecule has 0 radical (unpaired) electrons. The maximum absolute atomic E-state index is 4.68. The normalized spacial score (nSPS) is 16.3. The third-order valence-corrected chi connectivity index (χ3v) is 4.31. The highest BCUT2D eigenvalue weighted by atomic mass is 15.1. The van der Waals surface area contributed by atoms with Gasteiger partial charge in [0.25, 0.3) is 0 Å². The van der Waals surface area contributed by atoms with Crippen LogP contribution in [0.3, 0.4) is 0 Å². The smallest absolute Gasteiger partial charge is 0.161 e. The number of rotatable bonds is 5. The maximum atomic E-state index is 4.68. The Morgan fingerprint density at radius 2 is 2.00 bits per heavy atom. The van der Waals surface area contributed by atoms with E-state index >= 15 is 0 Å². The fraction of sp³-hybridized carbons (Fsp3) is 0.471. The molecular formula is C17H22N4. The molecule has 0 aromatic carbocycles. The second-order valence-corrected chi connectivity index (χ2v) is 5.78. The van der Waals surface area contributed by atoms with Crippen LogP contribution in [0.1, 0.15) is 38.8 Å². The molecule has 4 nitrogen and oxygen atoms in total. The van der Waals surface area contributed by atoms with Crippen molar-refractivity contribution in [3.8, 4) is 11.4 Å². The second kappa shape index (κ2) is 6.20. The topological polar surface area (TPSA) is 50.7 Å². The van der Waals surface area contributed by atoms with E-state index in [1.165, 1.54) is 19.3 Å². The Balaban J connectivity index is 1.86. The van der Waals surface area contributed by atoms with Crippen LogP contribution >= 0.6 is 0 Å². The van der Waals surface area contributed by atoms with E-state index in [4.69, 9.17) is 0 Å². The summed E-state index contributed by atoms with van der Waals surface area (Å²) in [5, 5.41) is 3.56. The Morgan fingerprint density at radius 3 is 2.62 bits per heavy atom. The van der Waals surface area contributed by atoms with Gasteiger partial charge in [0.05, 0.1) is 0 Å². The molecule has 2 aromatic heterocycles. The van der Waals surface area contributed by atoms with Crippen molar-refractivity contribution in [1.29, 1.82) is 0 Å². The highest BCUT2D eigenvalue weighted by Crippen LogP contribution is 2.31. The molecule has 1 atom stereocenters. The van der Waals surface area contributed by atoms with Crippen LogP contribution in [0.15, 0.2) is 30.6 Å². The van der Waals surface area contributed by atoms with Gasteiger partial charge in [-0.1, -0.05) is 13.3 Å². The average molecular weight is 282 g/mol. The first-order chi connectivity index (χ1) is 10.3. The van der Waals surface area contributed by atoms with Gasteiger partial charge in [0.1, 0.15) is 5.82 Å². The van der Waals surface area contributed by atoms with Gasteiger partial charge >= 0.3 is 0 Å². The molecule has 1 unspecified atom stereocenters. The predicted molar refractivity (Wildman–Crippen MR) is 85.1 cm³/mol. The average Bonchev–Trinajstić information content (AvgIpc) is 2.46. The summed E-state index contributed by atoms with van der Waals surface area (Å²) < 4.78 is 0. The second-order valence-electron chi connectivity index (χ2n) is 5.78. The molecule has 0 saturated heterocycles. The van der Waals surface area contributed by atoms with Crippen LogP contribution in [0.2, 0.25) is 0 Å². The summed E-state index contributed by atoms with van der Waals surface area (Å²) in [5.74, 6) is 2.50. The molecule has 2 aromatic rings. The van der Waals surface area contributed by atoms with Gasteiger partial charge in [0.15, 0.2) is 5.82 Å². The van der Waals surface area contributed by atoms with Crippen LogP contribution in [0.5, 0.6) is 0 Å². The van der Waals surface area contributed by atoms with E-state index in [0.717, 1.165) is 35.2 Å². The minimum absolute atomic E-state index is 0.476. The molecule has 1 aliphatic carbocycles. The van der Waals surface area contributed by atoms with Crippen molar-refractivity contribution in [1.82, 2.24) is 15.0 Å². The molecule has 4 heteroatoms. The zero-order chi connectivity index (χ0) is 14.7. The van der Waals surface area contributed by atoms with Gasteiger partial charge in [-0.3, -0.25) is 4.98 Å². The molecular weight excluding hydrogens is 260 g/mol. The Kier molecular flexibility index (Phi) is 4.13. The molecule has 1 N–H and O–H groups in total. The fourth-order valence-corrected chi connectivity index (χ4v) is 2.67. The maximum Gasteiger partial charge on any atom is 0.161 e. The lowest BCUT2D eigenvalue weighted by atomic mass is 9.80. The van der Waals surface area contributed by atoms with Gasteiger partial charge < -0.3 is 5.32 Å². The number of pyridine rings is 1. The summed E-state index contributed by atoms with van der Waals surface area (Å²) in [6.07, 6.45) is 8.49. The van der Waals surface area contributed by atoms with Crippen LogP contribution in [0.25, 0.3) is 11.4 Å². The number of anilines is 1. The largest absolute Gasteiger partial charge is 0.367 e. The molecule has 2 heterocycles. The summed E-state index contributed by atoms with van der Waals surface area (Å²) in [7, 11) is 0. The van der Waals surface area contributed by atoms with Crippen molar-refractivity contribution in [2.75, 3.05) is 5.32 Å². The lowest BCUT2D eigenvalue weighted by Crippen LogP contribution is -2.31. The van der Waals surface area contributed by atoms with E-state index < -0.39 is 0 Å². The van der Waals surface area contributed by atoms with Crippen molar-refractivity contribution in [2.24, 2.45) is 5.92 Å². The minimum Gasteiger partial charge on any atom is -0.367 e. The van der Waals surface area contributed by atoms with E-state index in [-0.39, 0.29) is 0 Å². The zero-order valence-electron chi connectivity index (χ0n) is 12.7. The molecule has 1 aliphatic rings. The first-order valence-electron chi connectivity index (χ1n) is 7.81. The van der Waals surface area contributed by atoms with Gasteiger partial charge in [-0.25, -0.2) is 9.97 Å². The van der Waals surface area contributed by atoms with Gasteiger partial charge in [0, 0.05) is 35.8 Å². The van der Waals surface area contributed by atoms with E-state index in [9.17, 15) is 0 Å². The summed E-state index contributed by atoms with van der Waals surface area (Å²) in [6, 6.07) is 6.45. The number of nitrogens with one attached hydrogen (secondary N) is 1. The number of aryl methyl sites for hydroxylation is 1. The number of aromatic nitrogens is 3. The summed E-state index contributed by atoms with van der Waals surface area (Å²) in [5.41, 5.74) is 2.08. The van der Waals surface area contributed by atoms with Crippen LogP contribution < -0.4 is 5.32 Å². The third-order valence-electron chi connectivity index (χ3n) is 4.31. The first-order valence-corrected chi connectivity index (χ1v) is 7.81. The van der Waals surface area contributed by atoms with Crippen molar-refractivity contribution in [3.63, 3.8) is 0 Å². The molecule has 21 heavy (non-hydrogen) atoms. The Bertz CT molecular complexity index is 593. The van der Waals surface area contributed by atoms with Crippen LogP contribution in [-0.2, 0) is 6.42 Å². The van der Waals surface area contributed by atoms with Crippen molar-refractivity contribution in [3.05, 3.63) is 36.3 Å². The van der Waals surface area contributed by atoms with E-state index in [1.54, 1.807) is 12.4 Å². The molecule has 1 fully saturated rings. The quantitative estimate of drug-likeness (QED) is 0.908. The minimum atomic E-state index is 0.476. The highest BCUT2D eigenvalue weighted by Gasteiger charge is 2.24. The fourth-order valence-electron chi connectivity index (χ4n) is 2.67. The molecule has 110 valence electrons. The molecule has 0 spiro atoms. The van der Waals surface area contributed by atoms with Gasteiger partial charge in [0.2, 0.25) is 0 Å². The summed E-state index contributed by atoms with van der Waals surface area (Å²) in [4.78, 5) is 13.4. The monoisotopic (exact) mass is 282 g/mol. The molecule has 3 rings (SSSR count). The van der Waals surface area contributed by atoms with Crippen molar-refractivity contribution >= 4 is 5.82 Å². The standard InChI is InChI=1S/C17H22N4/c1-3-15-11-16(19-12(2)13-5-4-6-13)21-17(20-15)14-7-9-18-10-8-14/h7-13H,3-6H2,1-2H3,(H,19,20,21). The van der Waals surface area contributed by atoms with Crippen LogP contribution in [-0.4, -0.2) is 21.0 Å². The van der Waals surface area contributed by atoms with E-state index in [2.05, 4.69) is 40.2 Å². The highest BCUT2D eigenvalue weighted by molar-refractivity contribution is 5.56. The predicted octanol–water partition coefficient (Wildman–Crippen LogP) is 3.70. The SMILES string of the molecule is CCc1cc(NC(C)C2CCC2)nc(-c2ccncc2)n1. The number of nitrogens with zero attached hydrogens (tertiary/aromatic N) is 3. The summed E-state index contributed by atoms with van der Waals surface area (Å²) >= 11 is 0. The van der Waals surface area contributed by atoms with Crippen LogP contribution in [0.4, 0.5) is 5.82 Å². The Labute approximate surface area is 126 Å². The molecule has 1 saturated carbocycles. The summed E-state index contributed by atoms with van der Waals surface area (Å²) in [6.45, 7) is 4.38. The number of hydrogen-bond acceptors (Lipinski definition) is 4. The third kappa shape index (κ3) is 3.20. The van der Waals surface area contributed by atoms with E-state index in [1.807, 2.05) is 12.1 Å². The number of hydrogen-bond donors (Lipinski definition) is 1. The van der Waals surface area contributed by atoms with Gasteiger partial charge in [-0.05, 0) is 44.2 Å². The van der Waals surface area contributed by atoms with Crippen molar-refractivity contribution in [2.45, 2.75) is 45.6 Å².